The van der Waals surface area contributed by atoms with Crippen LogP contribution in [0.5, 0.6) is 0 Å². The smallest absolute Gasteiger partial charge is 0.273 e. The van der Waals surface area contributed by atoms with Crippen LogP contribution in [0.4, 0.5) is 0 Å². The lowest BCUT2D eigenvalue weighted by molar-refractivity contribution is 0.0935. The number of halogens is 1. The first-order valence-corrected chi connectivity index (χ1v) is 9.44. The molecule has 1 aromatic heterocycles. The van der Waals surface area contributed by atoms with Crippen LogP contribution in [0.15, 0.2) is 4.90 Å². The normalized spacial score (nSPS) is 16.7. The minimum Gasteiger partial charge on any atom is -0.350 e. The molecule has 1 fully saturated rings. The molecule has 0 radical (unpaired) electrons. The molecule has 21 heavy (non-hydrogen) atoms. The van der Waals surface area contributed by atoms with E-state index in [2.05, 4.69) is 22.4 Å². The fraction of sp³-hybridized carbons (Fsp3) is 0.692. The maximum Gasteiger partial charge on any atom is 0.273 e. The number of hydrogen-bond acceptors (Lipinski definition) is 4. The number of rotatable bonds is 7. The van der Waals surface area contributed by atoms with Gasteiger partial charge in [0.1, 0.15) is 4.90 Å². The Hall–Kier alpha value is -1.08. The standard InChI is InChI=1S/C13H20ClN3O3S/c1-3-5-13(6-7-13)8-15-12(18)10-11(21(14,19)20)9(4-2)16-17-10/h3-8H2,1-2H3,(H,15,18)(H,16,17). The summed E-state index contributed by atoms with van der Waals surface area (Å²) in [5.41, 5.74) is 0.396. The Morgan fingerprint density at radius 3 is 2.57 bits per heavy atom. The van der Waals surface area contributed by atoms with Crippen LogP contribution >= 0.6 is 10.7 Å². The molecular formula is C13H20ClN3O3S. The molecule has 1 aliphatic rings. The van der Waals surface area contributed by atoms with E-state index < -0.39 is 15.0 Å². The fourth-order valence-corrected chi connectivity index (χ4v) is 3.95. The average molecular weight is 334 g/mol. The number of hydrogen-bond donors (Lipinski definition) is 2. The highest BCUT2D eigenvalue weighted by Crippen LogP contribution is 2.48. The lowest BCUT2D eigenvalue weighted by Gasteiger charge is -2.14. The number of aromatic nitrogens is 2. The van der Waals surface area contributed by atoms with E-state index in [1.807, 2.05) is 0 Å². The number of carbonyl (C=O) groups excluding carboxylic acids is 1. The SMILES string of the molecule is CCCC1(CNC(=O)c2n[nH]c(CC)c2S(=O)(=O)Cl)CC1. The topological polar surface area (TPSA) is 91.9 Å². The molecule has 0 unspecified atom stereocenters. The fourth-order valence-electron chi connectivity index (χ4n) is 2.60. The summed E-state index contributed by atoms with van der Waals surface area (Å²) in [7, 11) is 1.41. The Bertz CT molecular complexity index is 635. The highest BCUT2D eigenvalue weighted by atomic mass is 35.7. The van der Waals surface area contributed by atoms with E-state index in [0.29, 0.717) is 18.7 Å². The second-order valence-electron chi connectivity index (χ2n) is 5.60. The third kappa shape index (κ3) is 3.58. The molecule has 0 aliphatic heterocycles. The van der Waals surface area contributed by atoms with Crippen LogP contribution in [0.25, 0.3) is 0 Å². The number of nitrogens with zero attached hydrogens (tertiary/aromatic N) is 1. The highest BCUT2D eigenvalue weighted by Gasteiger charge is 2.42. The van der Waals surface area contributed by atoms with E-state index in [1.54, 1.807) is 6.92 Å². The zero-order valence-electron chi connectivity index (χ0n) is 12.2. The summed E-state index contributed by atoms with van der Waals surface area (Å²) in [6, 6.07) is 0. The lowest BCUT2D eigenvalue weighted by atomic mass is 10.0. The first kappa shape index (κ1) is 16.3. The van der Waals surface area contributed by atoms with E-state index in [4.69, 9.17) is 10.7 Å². The summed E-state index contributed by atoms with van der Waals surface area (Å²) in [6.07, 6.45) is 4.74. The van der Waals surface area contributed by atoms with Gasteiger partial charge in [-0.05, 0) is 31.1 Å². The van der Waals surface area contributed by atoms with Crippen LogP contribution < -0.4 is 5.32 Å². The molecule has 0 atom stereocenters. The van der Waals surface area contributed by atoms with E-state index >= 15 is 0 Å². The predicted molar refractivity (Wildman–Crippen MR) is 79.9 cm³/mol. The molecule has 1 heterocycles. The van der Waals surface area contributed by atoms with Gasteiger partial charge in [0.25, 0.3) is 15.0 Å². The van der Waals surface area contributed by atoms with Crippen molar-refractivity contribution in [2.24, 2.45) is 5.41 Å². The van der Waals surface area contributed by atoms with Crippen molar-refractivity contribution in [3.63, 3.8) is 0 Å². The first-order chi connectivity index (χ1) is 9.83. The van der Waals surface area contributed by atoms with Crippen LogP contribution in [0.2, 0.25) is 0 Å². The molecule has 0 bridgehead atoms. The summed E-state index contributed by atoms with van der Waals surface area (Å²) in [5, 5.41) is 9.19. The quantitative estimate of drug-likeness (QED) is 0.748. The molecule has 0 aromatic carbocycles. The molecule has 1 aromatic rings. The van der Waals surface area contributed by atoms with Crippen LogP contribution in [0.1, 0.15) is 55.7 Å². The largest absolute Gasteiger partial charge is 0.350 e. The Morgan fingerprint density at radius 2 is 2.10 bits per heavy atom. The van der Waals surface area contributed by atoms with Crippen LogP contribution in [0.3, 0.4) is 0 Å². The zero-order valence-corrected chi connectivity index (χ0v) is 13.8. The van der Waals surface area contributed by atoms with Crippen molar-refractivity contribution in [2.75, 3.05) is 6.54 Å². The van der Waals surface area contributed by atoms with Crippen molar-refractivity contribution in [1.82, 2.24) is 15.5 Å². The van der Waals surface area contributed by atoms with Gasteiger partial charge < -0.3 is 5.32 Å². The average Bonchev–Trinajstić information content (AvgIpc) is 3.02. The van der Waals surface area contributed by atoms with Crippen molar-refractivity contribution in [3.05, 3.63) is 11.4 Å². The summed E-state index contributed by atoms with van der Waals surface area (Å²) < 4.78 is 23.3. The third-order valence-corrected chi connectivity index (χ3v) is 5.36. The van der Waals surface area contributed by atoms with Gasteiger partial charge in [-0.1, -0.05) is 20.3 Å². The number of aromatic amines is 1. The first-order valence-electron chi connectivity index (χ1n) is 7.13. The number of carbonyl (C=O) groups is 1. The molecular weight excluding hydrogens is 314 g/mol. The van der Waals surface area contributed by atoms with Crippen molar-refractivity contribution in [3.8, 4) is 0 Å². The summed E-state index contributed by atoms with van der Waals surface area (Å²) in [5.74, 6) is -0.493. The van der Waals surface area contributed by atoms with Crippen LogP contribution in [0, 0.1) is 5.41 Å². The molecule has 8 heteroatoms. The maximum atomic E-state index is 12.2. The molecule has 118 valence electrons. The monoisotopic (exact) mass is 333 g/mol. The van der Waals surface area contributed by atoms with Crippen LogP contribution in [-0.2, 0) is 15.5 Å². The van der Waals surface area contributed by atoms with E-state index in [9.17, 15) is 13.2 Å². The summed E-state index contributed by atoms with van der Waals surface area (Å²) in [6.45, 7) is 4.43. The van der Waals surface area contributed by atoms with Gasteiger partial charge in [-0.3, -0.25) is 9.89 Å². The number of H-pyrrole nitrogens is 1. The minimum atomic E-state index is -4.01. The van der Waals surface area contributed by atoms with Crippen molar-refractivity contribution < 1.29 is 13.2 Å². The lowest BCUT2D eigenvalue weighted by Crippen LogP contribution is -2.31. The van der Waals surface area contributed by atoms with Gasteiger partial charge in [0.2, 0.25) is 0 Å². The minimum absolute atomic E-state index is 0.144. The number of nitrogens with one attached hydrogen (secondary N) is 2. The zero-order chi connectivity index (χ0) is 15.7. The molecule has 2 N–H and O–H groups in total. The van der Waals surface area contributed by atoms with E-state index in [0.717, 1.165) is 25.7 Å². The molecule has 6 nitrogen and oxygen atoms in total. The second kappa shape index (κ2) is 5.96. The van der Waals surface area contributed by atoms with Gasteiger partial charge in [0.15, 0.2) is 5.69 Å². The van der Waals surface area contributed by atoms with Crippen molar-refractivity contribution >= 4 is 25.6 Å². The maximum absolute atomic E-state index is 12.2. The van der Waals surface area contributed by atoms with E-state index in [1.165, 1.54) is 0 Å². The molecule has 0 saturated heterocycles. The Balaban J connectivity index is 2.15. The number of amides is 1. The molecule has 2 rings (SSSR count). The molecule has 1 aliphatic carbocycles. The third-order valence-electron chi connectivity index (χ3n) is 3.97. The van der Waals surface area contributed by atoms with Gasteiger partial charge >= 0.3 is 0 Å². The summed E-state index contributed by atoms with van der Waals surface area (Å²) >= 11 is 0. The van der Waals surface area contributed by atoms with Gasteiger partial charge in [0, 0.05) is 17.2 Å². The molecule has 0 spiro atoms. The van der Waals surface area contributed by atoms with Gasteiger partial charge in [-0.25, -0.2) is 8.42 Å². The highest BCUT2D eigenvalue weighted by molar-refractivity contribution is 8.13. The molecule has 1 saturated carbocycles. The number of aryl methyl sites for hydroxylation is 1. The van der Waals surface area contributed by atoms with Crippen molar-refractivity contribution in [1.29, 1.82) is 0 Å². The van der Waals surface area contributed by atoms with E-state index in [-0.39, 0.29) is 16.0 Å². The Morgan fingerprint density at radius 1 is 1.43 bits per heavy atom. The Kier molecular flexibility index (Phi) is 4.63. The van der Waals surface area contributed by atoms with Gasteiger partial charge in [-0.15, -0.1) is 0 Å². The second-order valence-corrected chi connectivity index (χ2v) is 8.11. The molecule has 1 amide bonds. The van der Waals surface area contributed by atoms with Gasteiger partial charge in [0.05, 0.1) is 5.69 Å². The Labute approximate surface area is 129 Å². The predicted octanol–water partition coefficient (Wildman–Crippen LogP) is 2.21. The summed E-state index contributed by atoms with van der Waals surface area (Å²) in [4.78, 5) is 12.0. The van der Waals surface area contributed by atoms with Gasteiger partial charge in [-0.2, -0.15) is 5.10 Å². The van der Waals surface area contributed by atoms with Crippen molar-refractivity contribution in [2.45, 2.75) is 50.8 Å². The van der Waals surface area contributed by atoms with Crippen LogP contribution in [-0.4, -0.2) is 31.1 Å².